The average molecular weight is 336 g/mol. The first-order valence-electron chi connectivity index (χ1n) is 8.08. The maximum atomic E-state index is 12.0. The van der Waals surface area contributed by atoms with Gasteiger partial charge in [0.05, 0.1) is 18.4 Å². The highest BCUT2D eigenvalue weighted by Gasteiger charge is 2.06. The lowest BCUT2D eigenvalue weighted by atomic mass is 10.0. The molecule has 0 aliphatic rings. The highest BCUT2D eigenvalue weighted by molar-refractivity contribution is 5.89. The third kappa shape index (κ3) is 4.41. The second kappa shape index (κ2) is 7.57. The Labute approximate surface area is 146 Å². The second-order valence-corrected chi connectivity index (χ2v) is 5.94. The topological polar surface area (TPSA) is 84.7 Å². The molecule has 0 aliphatic carbocycles. The van der Waals surface area contributed by atoms with Crippen molar-refractivity contribution in [3.05, 3.63) is 66.2 Å². The summed E-state index contributed by atoms with van der Waals surface area (Å²) in [5, 5.41) is 13.7. The van der Waals surface area contributed by atoms with Crippen LogP contribution in [0.3, 0.4) is 0 Å². The quantitative estimate of drug-likeness (QED) is 0.750. The fourth-order valence-electron chi connectivity index (χ4n) is 2.30. The molecule has 0 bridgehead atoms. The van der Waals surface area contributed by atoms with Crippen molar-refractivity contribution in [3.63, 3.8) is 0 Å². The van der Waals surface area contributed by atoms with Crippen molar-refractivity contribution < 1.29 is 4.79 Å². The van der Waals surface area contributed by atoms with Gasteiger partial charge in [-0.05, 0) is 35.7 Å². The number of carbonyl (C=O) groups is 1. The number of benzene rings is 1. The number of rotatable bonds is 5. The number of urea groups is 1. The van der Waals surface area contributed by atoms with Gasteiger partial charge in [0.25, 0.3) is 0 Å². The Balaban J connectivity index is 1.53. The van der Waals surface area contributed by atoms with Gasteiger partial charge in [0.15, 0.2) is 0 Å². The molecule has 0 aliphatic heterocycles. The summed E-state index contributed by atoms with van der Waals surface area (Å²) >= 11 is 0. The zero-order valence-corrected chi connectivity index (χ0v) is 14.2. The van der Waals surface area contributed by atoms with E-state index in [2.05, 4.69) is 39.8 Å². The number of hydrogen-bond acceptors (Lipinski definition) is 4. The van der Waals surface area contributed by atoms with Gasteiger partial charge in [-0.2, -0.15) is 0 Å². The fourth-order valence-corrected chi connectivity index (χ4v) is 2.30. The molecule has 0 spiro atoms. The second-order valence-electron chi connectivity index (χ2n) is 5.94. The summed E-state index contributed by atoms with van der Waals surface area (Å²) in [5.41, 5.74) is 3.52. The number of nitrogens with one attached hydrogen (secondary N) is 2. The van der Waals surface area contributed by atoms with Crippen LogP contribution in [0.25, 0.3) is 5.69 Å². The van der Waals surface area contributed by atoms with E-state index in [0.29, 0.717) is 18.2 Å². The molecular weight excluding hydrogens is 316 g/mol. The molecule has 0 saturated heterocycles. The lowest BCUT2D eigenvalue weighted by molar-refractivity contribution is 0.251. The predicted molar refractivity (Wildman–Crippen MR) is 95.5 cm³/mol. The maximum absolute atomic E-state index is 12.0. The number of nitrogens with zero attached hydrogens (tertiary/aromatic N) is 4. The first-order valence-corrected chi connectivity index (χ1v) is 8.08. The zero-order valence-electron chi connectivity index (χ0n) is 14.2. The van der Waals surface area contributed by atoms with Crippen molar-refractivity contribution in [1.29, 1.82) is 0 Å². The molecule has 0 fully saturated rings. The fraction of sp³-hybridized carbons (Fsp3) is 0.222. The number of carbonyl (C=O) groups excluding carboxylic acids is 1. The van der Waals surface area contributed by atoms with Crippen LogP contribution in [0.5, 0.6) is 0 Å². The van der Waals surface area contributed by atoms with Gasteiger partial charge in [0, 0.05) is 18.1 Å². The lowest BCUT2D eigenvalue weighted by Crippen LogP contribution is -2.28. The van der Waals surface area contributed by atoms with E-state index in [-0.39, 0.29) is 6.03 Å². The monoisotopic (exact) mass is 336 g/mol. The molecule has 0 unspecified atom stereocenters. The average Bonchev–Trinajstić information content (AvgIpc) is 3.10. The molecule has 0 radical (unpaired) electrons. The maximum Gasteiger partial charge on any atom is 0.319 e. The Hall–Kier alpha value is -3.22. The Morgan fingerprint density at radius 2 is 1.84 bits per heavy atom. The first kappa shape index (κ1) is 16.6. The minimum absolute atomic E-state index is 0.282. The molecule has 7 heteroatoms. The van der Waals surface area contributed by atoms with Crippen LogP contribution in [0.1, 0.15) is 31.0 Å². The van der Waals surface area contributed by atoms with Crippen LogP contribution in [-0.4, -0.2) is 26.0 Å². The Morgan fingerprint density at radius 1 is 1.12 bits per heavy atom. The molecule has 2 N–H and O–H groups in total. The van der Waals surface area contributed by atoms with E-state index in [9.17, 15) is 4.79 Å². The van der Waals surface area contributed by atoms with Gasteiger partial charge in [0.1, 0.15) is 5.69 Å². The van der Waals surface area contributed by atoms with Gasteiger partial charge in [-0.25, -0.2) is 9.48 Å². The van der Waals surface area contributed by atoms with Gasteiger partial charge in [-0.1, -0.05) is 31.2 Å². The minimum Gasteiger partial charge on any atom is -0.332 e. The normalized spacial score (nSPS) is 10.7. The van der Waals surface area contributed by atoms with E-state index in [4.69, 9.17) is 0 Å². The van der Waals surface area contributed by atoms with Gasteiger partial charge in [0.2, 0.25) is 0 Å². The Morgan fingerprint density at radius 3 is 2.52 bits per heavy atom. The summed E-state index contributed by atoms with van der Waals surface area (Å²) in [4.78, 5) is 16.0. The molecule has 3 rings (SSSR count). The standard InChI is InChI=1S/C18H20N6O/c1-13(2)14-3-5-15(6-4-14)21-18(25)20-11-16-12-24(23-22-16)17-7-9-19-10-8-17/h3-10,12-13H,11H2,1-2H3,(H2,20,21,25). The predicted octanol–water partition coefficient (Wildman–Crippen LogP) is 3.11. The summed E-state index contributed by atoms with van der Waals surface area (Å²) in [6.45, 7) is 4.56. The van der Waals surface area contributed by atoms with Crippen LogP contribution in [-0.2, 0) is 6.54 Å². The van der Waals surface area contributed by atoms with Crippen molar-refractivity contribution >= 4 is 11.7 Å². The highest BCUT2D eigenvalue weighted by Crippen LogP contribution is 2.17. The molecule has 2 aromatic heterocycles. The molecule has 1 aromatic carbocycles. The molecule has 25 heavy (non-hydrogen) atoms. The SMILES string of the molecule is CC(C)c1ccc(NC(=O)NCc2cn(-c3ccncc3)nn2)cc1. The Kier molecular flexibility index (Phi) is 5.03. The molecule has 0 saturated carbocycles. The minimum atomic E-state index is -0.282. The number of amides is 2. The number of pyridine rings is 1. The van der Waals surface area contributed by atoms with Crippen LogP contribution in [0, 0.1) is 0 Å². The third-order valence-electron chi connectivity index (χ3n) is 3.73. The lowest BCUT2D eigenvalue weighted by Gasteiger charge is -2.09. The van der Waals surface area contributed by atoms with Crippen LogP contribution in [0.2, 0.25) is 0 Å². The van der Waals surface area contributed by atoms with Crippen molar-refractivity contribution in [2.24, 2.45) is 0 Å². The zero-order chi connectivity index (χ0) is 17.6. The van der Waals surface area contributed by atoms with Gasteiger partial charge >= 0.3 is 6.03 Å². The van der Waals surface area contributed by atoms with Crippen molar-refractivity contribution in [1.82, 2.24) is 25.3 Å². The summed E-state index contributed by atoms with van der Waals surface area (Å²) in [6, 6.07) is 11.2. The smallest absolute Gasteiger partial charge is 0.319 e. The van der Waals surface area contributed by atoms with E-state index in [1.54, 1.807) is 23.3 Å². The van der Waals surface area contributed by atoms with Crippen LogP contribution < -0.4 is 10.6 Å². The van der Waals surface area contributed by atoms with Crippen LogP contribution in [0.4, 0.5) is 10.5 Å². The summed E-state index contributed by atoms with van der Waals surface area (Å²) in [5.74, 6) is 0.464. The summed E-state index contributed by atoms with van der Waals surface area (Å²) in [6.07, 6.45) is 5.15. The van der Waals surface area contributed by atoms with E-state index in [1.807, 2.05) is 36.4 Å². The molecule has 7 nitrogen and oxygen atoms in total. The highest BCUT2D eigenvalue weighted by atomic mass is 16.2. The van der Waals surface area contributed by atoms with Gasteiger partial charge in [-0.15, -0.1) is 5.10 Å². The Bertz CT molecular complexity index is 826. The molecule has 2 heterocycles. The molecule has 2 amide bonds. The van der Waals surface area contributed by atoms with Crippen molar-refractivity contribution in [2.45, 2.75) is 26.3 Å². The van der Waals surface area contributed by atoms with Crippen molar-refractivity contribution in [3.8, 4) is 5.69 Å². The molecule has 128 valence electrons. The van der Waals surface area contributed by atoms with E-state index < -0.39 is 0 Å². The molecule has 3 aromatic rings. The number of anilines is 1. The third-order valence-corrected chi connectivity index (χ3v) is 3.73. The van der Waals surface area contributed by atoms with Crippen LogP contribution in [0.15, 0.2) is 55.0 Å². The summed E-state index contributed by atoms with van der Waals surface area (Å²) < 4.78 is 1.64. The summed E-state index contributed by atoms with van der Waals surface area (Å²) in [7, 11) is 0. The first-order chi connectivity index (χ1) is 12.1. The number of hydrogen-bond donors (Lipinski definition) is 2. The van der Waals surface area contributed by atoms with E-state index in [0.717, 1.165) is 11.4 Å². The largest absolute Gasteiger partial charge is 0.332 e. The van der Waals surface area contributed by atoms with Gasteiger partial charge < -0.3 is 10.6 Å². The molecule has 0 atom stereocenters. The number of aromatic nitrogens is 4. The van der Waals surface area contributed by atoms with Crippen LogP contribution >= 0.6 is 0 Å². The van der Waals surface area contributed by atoms with E-state index >= 15 is 0 Å². The van der Waals surface area contributed by atoms with Gasteiger partial charge in [-0.3, -0.25) is 4.98 Å². The van der Waals surface area contributed by atoms with Crippen molar-refractivity contribution in [2.75, 3.05) is 5.32 Å². The molecular formula is C18H20N6O. The van der Waals surface area contributed by atoms with E-state index in [1.165, 1.54) is 5.56 Å².